The summed E-state index contributed by atoms with van der Waals surface area (Å²) in [4.78, 5) is 15.8. The van der Waals surface area contributed by atoms with Crippen molar-refractivity contribution in [3.05, 3.63) is 0 Å². The van der Waals surface area contributed by atoms with Crippen molar-refractivity contribution < 1.29 is 19.0 Å². The van der Waals surface area contributed by atoms with Crippen LogP contribution in [0.1, 0.15) is 58.8 Å². The van der Waals surface area contributed by atoms with Crippen molar-refractivity contribution in [2.75, 3.05) is 46.1 Å². The Balaban J connectivity index is 0.00000676. The molecule has 1 aliphatic rings. The van der Waals surface area contributed by atoms with Gasteiger partial charge in [0, 0.05) is 39.3 Å². The van der Waals surface area contributed by atoms with E-state index < -0.39 is 0 Å². The molecule has 0 spiro atoms. The molecule has 160 valence electrons. The summed E-state index contributed by atoms with van der Waals surface area (Å²) in [6.07, 6.45) is 6.85. The Labute approximate surface area is 181 Å². The summed E-state index contributed by atoms with van der Waals surface area (Å²) in [7, 11) is 0. The minimum absolute atomic E-state index is 0. The third-order valence-electron chi connectivity index (χ3n) is 4.06. The molecule has 1 unspecified atom stereocenters. The van der Waals surface area contributed by atoms with Crippen LogP contribution in [-0.2, 0) is 19.0 Å². The second-order valence-corrected chi connectivity index (χ2v) is 6.37. The quantitative estimate of drug-likeness (QED) is 0.126. The van der Waals surface area contributed by atoms with E-state index >= 15 is 0 Å². The van der Waals surface area contributed by atoms with Crippen molar-refractivity contribution >= 4 is 35.9 Å². The molecule has 0 aromatic rings. The van der Waals surface area contributed by atoms with Crippen LogP contribution >= 0.6 is 24.0 Å². The SMILES string of the molecule is CCNC(=NCCCOC1CCOC1)NCCCCCCC(=O)OCC.I. The molecule has 0 amide bonds. The highest BCUT2D eigenvalue weighted by atomic mass is 127. The first-order valence-corrected chi connectivity index (χ1v) is 10.1. The molecule has 0 radical (unpaired) electrons. The number of halogens is 1. The van der Waals surface area contributed by atoms with Crippen molar-refractivity contribution in [3.63, 3.8) is 0 Å². The second kappa shape index (κ2) is 18.7. The van der Waals surface area contributed by atoms with Gasteiger partial charge in [-0.2, -0.15) is 0 Å². The number of carbonyl (C=O) groups excluding carboxylic acids is 1. The highest BCUT2D eigenvalue weighted by Gasteiger charge is 2.15. The molecular formula is C19H38IN3O4. The van der Waals surface area contributed by atoms with Gasteiger partial charge >= 0.3 is 5.97 Å². The first-order chi connectivity index (χ1) is 12.8. The molecule has 0 aliphatic carbocycles. The maximum atomic E-state index is 11.2. The fraction of sp³-hybridized carbons (Fsp3) is 0.895. The van der Waals surface area contributed by atoms with E-state index in [4.69, 9.17) is 14.2 Å². The Bertz CT molecular complexity index is 391. The van der Waals surface area contributed by atoms with Gasteiger partial charge < -0.3 is 24.8 Å². The number of ether oxygens (including phenoxy) is 3. The lowest BCUT2D eigenvalue weighted by molar-refractivity contribution is -0.143. The fourth-order valence-corrected chi connectivity index (χ4v) is 2.68. The van der Waals surface area contributed by atoms with Gasteiger partial charge in [0.05, 0.1) is 19.3 Å². The summed E-state index contributed by atoms with van der Waals surface area (Å²) in [6.45, 7) is 9.15. The van der Waals surface area contributed by atoms with Gasteiger partial charge in [0.2, 0.25) is 0 Å². The van der Waals surface area contributed by atoms with E-state index in [1.807, 2.05) is 6.92 Å². The molecule has 1 saturated heterocycles. The van der Waals surface area contributed by atoms with Crippen molar-refractivity contribution in [2.45, 2.75) is 64.9 Å². The second-order valence-electron chi connectivity index (χ2n) is 6.37. The molecule has 0 aromatic heterocycles. The van der Waals surface area contributed by atoms with E-state index in [9.17, 15) is 4.79 Å². The van der Waals surface area contributed by atoms with Crippen LogP contribution in [0.5, 0.6) is 0 Å². The zero-order valence-corrected chi connectivity index (χ0v) is 19.3. The van der Waals surface area contributed by atoms with Crippen LogP contribution in [0, 0.1) is 0 Å². The van der Waals surface area contributed by atoms with Crippen molar-refractivity contribution in [1.29, 1.82) is 0 Å². The van der Waals surface area contributed by atoms with E-state index in [0.29, 0.717) is 13.0 Å². The number of carbonyl (C=O) groups is 1. The predicted octanol–water partition coefficient (Wildman–Crippen LogP) is 2.87. The maximum Gasteiger partial charge on any atom is 0.305 e. The molecule has 0 saturated carbocycles. The van der Waals surface area contributed by atoms with Gasteiger partial charge in [-0.15, -0.1) is 24.0 Å². The van der Waals surface area contributed by atoms with Crippen molar-refractivity contribution in [3.8, 4) is 0 Å². The average Bonchev–Trinajstić information content (AvgIpc) is 3.14. The highest BCUT2D eigenvalue weighted by Crippen LogP contribution is 2.08. The topological polar surface area (TPSA) is 81.2 Å². The molecule has 7 nitrogen and oxygen atoms in total. The zero-order valence-electron chi connectivity index (χ0n) is 17.0. The van der Waals surface area contributed by atoms with E-state index in [1.54, 1.807) is 0 Å². The van der Waals surface area contributed by atoms with Crippen LogP contribution < -0.4 is 10.6 Å². The van der Waals surface area contributed by atoms with Gasteiger partial charge in [-0.3, -0.25) is 9.79 Å². The molecule has 1 rings (SSSR count). The average molecular weight is 499 g/mol. The normalized spacial score (nSPS) is 16.7. The Morgan fingerprint density at radius 2 is 1.96 bits per heavy atom. The summed E-state index contributed by atoms with van der Waals surface area (Å²) < 4.78 is 16.0. The van der Waals surface area contributed by atoms with E-state index in [0.717, 1.165) is 83.9 Å². The lowest BCUT2D eigenvalue weighted by atomic mass is 10.1. The van der Waals surface area contributed by atoms with E-state index in [2.05, 4.69) is 22.5 Å². The van der Waals surface area contributed by atoms with Gasteiger partial charge in [0.1, 0.15) is 0 Å². The zero-order chi connectivity index (χ0) is 18.9. The lowest BCUT2D eigenvalue weighted by Crippen LogP contribution is -2.37. The standard InChI is InChI=1S/C19H37N3O4.HI/c1-3-20-19(22-13-9-14-26-17-11-15-24-16-17)21-12-8-6-5-7-10-18(23)25-4-2;/h17H,3-16H2,1-2H3,(H2,20,21,22);1H. The molecule has 0 aromatic carbocycles. The predicted molar refractivity (Wildman–Crippen MR) is 119 cm³/mol. The number of rotatable bonds is 14. The number of aliphatic imine (C=N–C) groups is 1. The van der Waals surface area contributed by atoms with Crippen LogP contribution in [0.4, 0.5) is 0 Å². The lowest BCUT2D eigenvalue weighted by Gasteiger charge is -2.12. The fourth-order valence-electron chi connectivity index (χ4n) is 2.68. The largest absolute Gasteiger partial charge is 0.466 e. The maximum absolute atomic E-state index is 11.2. The van der Waals surface area contributed by atoms with E-state index in [1.165, 1.54) is 0 Å². The summed E-state index contributed by atoms with van der Waals surface area (Å²) in [5.74, 6) is 0.778. The Hall–Kier alpha value is -0.610. The number of nitrogens with one attached hydrogen (secondary N) is 2. The minimum atomic E-state index is -0.0865. The third kappa shape index (κ3) is 15.0. The van der Waals surface area contributed by atoms with Gasteiger partial charge in [0.15, 0.2) is 5.96 Å². The van der Waals surface area contributed by atoms with Crippen LogP contribution in [0.15, 0.2) is 4.99 Å². The molecule has 27 heavy (non-hydrogen) atoms. The highest BCUT2D eigenvalue weighted by molar-refractivity contribution is 14.0. The first-order valence-electron chi connectivity index (χ1n) is 10.1. The third-order valence-corrected chi connectivity index (χ3v) is 4.06. The molecule has 1 atom stereocenters. The van der Waals surface area contributed by atoms with Gasteiger partial charge in [-0.05, 0) is 39.5 Å². The molecular weight excluding hydrogens is 461 g/mol. The van der Waals surface area contributed by atoms with Crippen LogP contribution in [0.3, 0.4) is 0 Å². The Morgan fingerprint density at radius 3 is 2.67 bits per heavy atom. The summed E-state index contributed by atoms with van der Waals surface area (Å²) >= 11 is 0. The Morgan fingerprint density at radius 1 is 1.15 bits per heavy atom. The minimum Gasteiger partial charge on any atom is -0.466 e. The van der Waals surface area contributed by atoms with Crippen LogP contribution in [-0.4, -0.2) is 64.1 Å². The van der Waals surface area contributed by atoms with Gasteiger partial charge in [0.25, 0.3) is 0 Å². The number of esters is 1. The molecule has 8 heteroatoms. The number of hydrogen-bond acceptors (Lipinski definition) is 5. The van der Waals surface area contributed by atoms with Gasteiger partial charge in [-0.1, -0.05) is 12.8 Å². The molecule has 1 heterocycles. The summed E-state index contributed by atoms with van der Waals surface area (Å²) in [6, 6.07) is 0. The monoisotopic (exact) mass is 499 g/mol. The van der Waals surface area contributed by atoms with Crippen molar-refractivity contribution in [1.82, 2.24) is 10.6 Å². The summed E-state index contributed by atoms with van der Waals surface area (Å²) in [5, 5.41) is 6.62. The number of unbranched alkanes of at least 4 members (excludes halogenated alkanes) is 3. The van der Waals surface area contributed by atoms with Crippen molar-refractivity contribution in [2.24, 2.45) is 4.99 Å². The van der Waals surface area contributed by atoms with Gasteiger partial charge in [-0.25, -0.2) is 0 Å². The number of guanidine groups is 1. The molecule has 2 N–H and O–H groups in total. The molecule has 0 bridgehead atoms. The van der Waals surface area contributed by atoms with E-state index in [-0.39, 0.29) is 36.0 Å². The number of nitrogens with zero attached hydrogens (tertiary/aromatic N) is 1. The molecule has 1 aliphatic heterocycles. The Kier molecular flexibility index (Phi) is 18.3. The summed E-state index contributed by atoms with van der Waals surface area (Å²) in [5.41, 5.74) is 0. The first kappa shape index (κ1) is 26.4. The number of hydrogen-bond donors (Lipinski definition) is 2. The molecule has 1 fully saturated rings. The van der Waals surface area contributed by atoms with Crippen LogP contribution in [0.2, 0.25) is 0 Å². The smallest absolute Gasteiger partial charge is 0.305 e. The van der Waals surface area contributed by atoms with Crippen LogP contribution in [0.25, 0.3) is 0 Å².